The summed E-state index contributed by atoms with van der Waals surface area (Å²) in [6.45, 7) is 0. The van der Waals surface area contributed by atoms with Gasteiger partial charge in [-0.25, -0.2) is 23.1 Å². The minimum Gasteiger partial charge on any atom is -0.497 e. The van der Waals surface area contributed by atoms with Crippen LogP contribution in [-0.2, 0) is 22.9 Å². The molecule has 2 heterocycles. The van der Waals surface area contributed by atoms with E-state index in [4.69, 9.17) is 4.74 Å². The molecule has 0 aliphatic heterocycles. The molecule has 1 unspecified atom stereocenters. The summed E-state index contributed by atoms with van der Waals surface area (Å²) >= 11 is 1.35. The second-order valence-electron chi connectivity index (χ2n) is 6.83. The molecule has 0 saturated carbocycles. The van der Waals surface area contributed by atoms with Crippen molar-refractivity contribution in [2.45, 2.75) is 30.2 Å². The summed E-state index contributed by atoms with van der Waals surface area (Å²) in [4.78, 5) is 21.6. The number of ether oxygens (including phenoxy) is 1. The minimum atomic E-state index is -3.64. The van der Waals surface area contributed by atoms with Gasteiger partial charge in [-0.05, 0) is 60.5 Å². The maximum Gasteiger partial charge on any atom is 0.268 e. The van der Waals surface area contributed by atoms with E-state index in [1.54, 1.807) is 30.5 Å². The van der Waals surface area contributed by atoms with E-state index in [9.17, 15) is 13.2 Å². The highest BCUT2D eigenvalue weighted by Crippen LogP contribution is 2.23. The first-order valence-corrected chi connectivity index (χ1v) is 11.7. The Morgan fingerprint density at radius 2 is 2.03 bits per heavy atom. The molecule has 0 bridgehead atoms. The lowest BCUT2D eigenvalue weighted by Gasteiger charge is -2.24. The summed E-state index contributed by atoms with van der Waals surface area (Å²) in [5, 5.41) is 4.53. The molecule has 2 aromatic heterocycles. The number of hydrogen-bond acceptors (Lipinski definition) is 7. The molecule has 2 N–H and O–H groups in total. The van der Waals surface area contributed by atoms with E-state index in [1.165, 1.54) is 30.6 Å². The molecule has 0 radical (unpaired) electrons. The number of aromatic nitrogens is 2. The summed E-state index contributed by atoms with van der Waals surface area (Å²) in [6, 6.07) is 9.56. The highest BCUT2D eigenvalue weighted by Gasteiger charge is 2.26. The number of carbonyl (C=O) groups excluding carboxylic acids is 1. The van der Waals surface area contributed by atoms with Crippen LogP contribution in [0.5, 0.6) is 5.75 Å². The average molecular weight is 445 g/mol. The number of amides is 1. The van der Waals surface area contributed by atoms with Crippen LogP contribution in [0.15, 0.2) is 52.9 Å². The van der Waals surface area contributed by atoms with Gasteiger partial charge in [0.25, 0.3) is 5.91 Å². The number of nitrogens with zero attached hydrogens (tertiary/aromatic N) is 2. The molecule has 8 nitrogen and oxygen atoms in total. The smallest absolute Gasteiger partial charge is 0.268 e. The van der Waals surface area contributed by atoms with Crippen molar-refractivity contribution in [3.05, 3.63) is 64.1 Å². The molecular weight excluding hydrogens is 424 g/mol. The molecule has 4 rings (SSSR count). The summed E-state index contributed by atoms with van der Waals surface area (Å²) in [6.07, 6.45) is 3.34. The number of sulfonamides is 1. The Labute approximate surface area is 178 Å². The van der Waals surface area contributed by atoms with Crippen molar-refractivity contribution >= 4 is 33.2 Å². The van der Waals surface area contributed by atoms with Gasteiger partial charge in [-0.1, -0.05) is 6.07 Å². The van der Waals surface area contributed by atoms with Crippen LogP contribution in [0.25, 0.3) is 0 Å². The number of fused-ring (bicyclic) bond motifs is 1. The van der Waals surface area contributed by atoms with Gasteiger partial charge < -0.3 is 4.74 Å². The summed E-state index contributed by atoms with van der Waals surface area (Å²) in [5.41, 5.74) is 1.70. The topological polar surface area (TPSA) is 110 Å². The Hall–Kier alpha value is -2.82. The molecule has 0 spiro atoms. The zero-order chi connectivity index (χ0) is 21.1. The predicted octanol–water partition coefficient (Wildman–Crippen LogP) is 2.63. The van der Waals surface area contributed by atoms with Gasteiger partial charge in [-0.3, -0.25) is 10.1 Å². The SMILES string of the molecule is COc1ccc(S(=O)(=O)NC2CCc3nc(NC(=O)c4cccs4)ncc3C2)cc1. The zero-order valence-corrected chi connectivity index (χ0v) is 17.8. The van der Waals surface area contributed by atoms with E-state index < -0.39 is 10.0 Å². The van der Waals surface area contributed by atoms with Crippen LogP contribution in [0.2, 0.25) is 0 Å². The number of aryl methyl sites for hydroxylation is 1. The van der Waals surface area contributed by atoms with Crippen LogP contribution < -0.4 is 14.8 Å². The number of methoxy groups -OCH3 is 1. The molecule has 1 aliphatic rings. The van der Waals surface area contributed by atoms with E-state index in [0.29, 0.717) is 29.9 Å². The second kappa shape index (κ2) is 8.50. The van der Waals surface area contributed by atoms with Crippen LogP contribution in [0, 0.1) is 0 Å². The van der Waals surface area contributed by atoms with Crippen LogP contribution in [-0.4, -0.2) is 37.4 Å². The molecule has 10 heteroatoms. The van der Waals surface area contributed by atoms with Crippen LogP contribution in [0.1, 0.15) is 27.3 Å². The minimum absolute atomic E-state index is 0.192. The third kappa shape index (κ3) is 4.50. The second-order valence-corrected chi connectivity index (χ2v) is 9.50. The van der Waals surface area contributed by atoms with Crippen molar-refractivity contribution in [2.24, 2.45) is 0 Å². The lowest BCUT2D eigenvalue weighted by Crippen LogP contribution is -2.39. The zero-order valence-electron chi connectivity index (χ0n) is 16.2. The van der Waals surface area contributed by atoms with Crippen molar-refractivity contribution in [3.63, 3.8) is 0 Å². The normalized spacial score (nSPS) is 16.0. The maximum absolute atomic E-state index is 12.7. The Morgan fingerprint density at radius 1 is 1.23 bits per heavy atom. The molecule has 156 valence electrons. The average Bonchev–Trinajstić information content (AvgIpc) is 3.29. The van der Waals surface area contributed by atoms with E-state index >= 15 is 0 Å². The number of benzene rings is 1. The molecule has 0 fully saturated rings. The number of nitrogens with one attached hydrogen (secondary N) is 2. The van der Waals surface area contributed by atoms with Crippen molar-refractivity contribution in [2.75, 3.05) is 12.4 Å². The van der Waals surface area contributed by atoms with Crippen LogP contribution in [0.3, 0.4) is 0 Å². The van der Waals surface area contributed by atoms with E-state index in [0.717, 1.165) is 11.3 Å². The first kappa shape index (κ1) is 20.5. The van der Waals surface area contributed by atoms with E-state index in [2.05, 4.69) is 20.0 Å². The third-order valence-corrected chi connectivity index (χ3v) is 7.22. The van der Waals surface area contributed by atoms with Crippen molar-refractivity contribution in [3.8, 4) is 5.75 Å². The Bertz CT molecular complexity index is 1150. The quantitative estimate of drug-likeness (QED) is 0.605. The van der Waals surface area contributed by atoms with Crippen LogP contribution >= 0.6 is 11.3 Å². The molecule has 0 saturated heterocycles. The van der Waals surface area contributed by atoms with Crippen molar-refractivity contribution in [1.82, 2.24) is 14.7 Å². The van der Waals surface area contributed by atoms with Crippen LogP contribution in [0.4, 0.5) is 5.95 Å². The molecule has 1 amide bonds. The lowest BCUT2D eigenvalue weighted by molar-refractivity contribution is 0.102. The third-order valence-electron chi connectivity index (χ3n) is 4.81. The molecule has 30 heavy (non-hydrogen) atoms. The number of hydrogen-bond donors (Lipinski definition) is 2. The Morgan fingerprint density at radius 3 is 2.73 bits per heavy atom. The summed E-state index contributed by atoms with van der Waals surface area (Å²) in [5.74, 6) is 0.606. The molecule has 1 aromatic carbocycles. The molecule has 1 aliphatic carbocycles. The van der Waals surface area contributed by atoms with Gasteiger partial charge in [0, 0.05) is 17.9 Å². The van der Waals surface area contributed by atoms with E-state index in [1.807, 2.05) is 5.38 Å². The van der Waals surface area contributed by atoms with Crippen molar-refractivity contribution in [1.29, 1.82) is 0 Å². The van der Waals surface area contributed by atoms with Gasteiger partial charge in [0.05, 0.1) is 16.9 Å². The number of thiophene rings is 1. The van der Waals surface area contributed by atoms with Gasteiger partial charge in [-0.15, -0.1) is 11.3 Å². The van der Waals surface area contributed by atoms with Gasteiger partial charge in [-0.2, -0.15) is 0 Å². The maximum atomic E-state index is 12.7. The van der Waals surface area contributed by atoms with Gasteiger partial charge in [0.1, 0.15) is 5.75 Å². The highest BCUT2D eigenvalue weighted by atomic mass is 32.2. The van der Waals surface area contributed by atoms with Gasteiger partial charge in [0.2, 0.25) is 16.0 Å². The Balaban J connectivity index is 1.42. The summed E-state index contributed by atoms with van der Waals surface area (Å²) < 4.78 is 33.2. The molecular formula is C20H20N4O4S2. The highest BCUT2D eigenvalue weighted by molar-refractivity contribution is 7.89. The monoisotopic (exact) mass is 444 g/mol. The lowest BCUT2D eigenvalue weighted by atomic mass is 9.94. The fourth-order valence-corrected chi connectivity index (χ4v) is 5.17. The Kier molecular flexibility index (Phi) is 5.80. The van der Waals surface area contributed by atoms with Crippen molar-refractivity contribution < 1.29 is 17.9 Å². The molecule has 3 aromatic rings. The number of rotatable bonds is 6. The first-order valence-electron chi connectivity index (χ1n) is 9.30. The molecule has 1 atom stereocenters. The standard InChI is InChI=1S/C20H20N4O4S2/c1-28-15-5-7-16(8-6-15)30(26,27)24-14-4-9-17-13(11-14)12-21-20(22-17)23-19(25)18-3-2-10-29-18/h2-3,5-8,10,12,14,24H,4,9,11H2,1H3,(H,21,22,23,25). The number of anilines is 1. The largest absolute Gasteiger partial charge is 0.497 e. The van der Waals surface area contributed by atoms with E-state index in [-0.39, 0.29) is 22.8 Å². The fraction of sp³-hybridized carbons (Fsp3) is 0.250. The fourth-order valence-electron chi connectivity index (χ4n) is 3.28. The van der Waals surface area contributed by atoms with Gasteiger partial charge >= 0.3 is 0 Å². The predicted molar refractivity (Wildman–Crippen MR) is 113 cm³/mol. The summed E-state index contributed by atoms with van der Waals surface area (Å²) in [7, 11) is -2.11. The first-order chi connectivity index (χ1) is 14.4. The van der Waals surface area contributed by atoms with Gasteiger partial charge in [0.15, 0.2) is 0 Å². The number of carbonyl (C=O) groups is 1.